The van der Waals surface area contributed by atoms with Crippen LogP contribution in [-0.2, 0) is 32.6 Å². The van der Waals surface area contributed by atoms with Crippen molar-refractivity contribution in [3.05, 3.63) is 63.6 Å². The van der Waals surface area contributed by atoms with Crippen molar-refractivity contribution in [1.29, 1.82) is 0 Å². The Morgan fingerprint density at radius 2 is 1.65 bits per heavy atom. The van der Waals surface area contributed by atoms with Crippen molar-refractivity contribution in [2.45, 2.75) is 71.0 Å². The number of carbonyl (C=O) groups is 2. The molecule has 7 nitrogen and oxygen atoms in total. The fourth-order valence-electron chi connectivity index (χ4n) is 4.79. The molecule has 2 aromatic rings. The quantitative estimate of drug-likeness (QED) is 0.405. The maximum atomic E-state index is 13.9. The van der Waals surface area contributed by atoms with Gasteiger partial charge in [-0.3, -0.25) is 13.9 Å². The molecule has 0 aliphatic heterocycles. The molecule has 1 saturated carbocycles. The smallest absolute Gasteiger partial charge is 0.244 e. The van der Waals surface area contributed by atoms with E-state index < -0.39 is 28.5 Å². The highest BCUT2D eigenvalue weighted by atomic mass is 35.5. The van der Waals surface area contributed by atoms with Crippen LogP contribution in [0.25, 0.3) is 0 Å². The summed E-state index contributed by atoms with van der Waals surface area (Å²) in [6.45, 7) is 3.27. The van der Waals surface area contributed by atoms with Crippen molar-refractivity contribution >= 4 is 50.7 Å². The fourth-order valence-corrected chi connectivity index (χ4v) is 6.19. The summed E-state index contributed by atoms with van der Waals surface area (Å²) < 4.78 is 26.8. The van der Waals surface area contributed by atoms with E-state index in [2.05, 4.69) is 5.32 Å². The summed E-state index contributed by atoms with van der Waals surface area (Å²) >= 11 is 12.9. The standard InChI is InChI=1S/C27H35Cl2N3O4S/c1-4-19-11-6-9-16-25(19)32(37(3,35)36)18-26(33)31(17-21-22(28)14-10-15-23(21)29)24(5-2)27(34)30-20-12-7-8-13-20/h6,9-11,14-16,20,24H,4-5,7-8,12-13,17-18H2,1-3H3,(H,30,34). The van der Waals surface area contributed by atoms with Crippen molar-refractivity contribution < 1.29 is 18.0 Å². The third-order valence-electron chi connectivity index (χ3n) is 6.80. The summed E-state index contributed by atoms with van der Waals surface area (Å²) in [5.74, 6) is -0.772. The van der Waals surface area contributed by atoms with E-state index in [1.54, 1.807) is 30.3 Å². The Hall–Kier alpha value is -2.29. The third kappa shape index (κ3) is 7.39. The lowest BCUT2D eigenvalue weighted by Crippen LogP contribution is -2.53. The summed E-state index contributed by atoms with van der Waals surface area (Å²) in [5.41, 5.74) is 1.75. The highest BCUT2D eigenvalue weighted by Gasteiger charge is 2.34. The molecule has 1 atom stereocenters. The van der Waals surface area contributed by atoms with Gasteiger partial charge in [-0.2, -0.15) is 0 Å². The molecule has 0 saturated heterocycles. The first-order valence-corrected chi connectivity index (χ1v) is 15.3. The van der Waals surface area contributed by atoms with Crippen LogP contribution in [0, 0.1) is 0 Å². The zero-order valence-corrected chi connectivity index (χ0v) is 23.9. The second-order valence-corrected chi connectivity index (χ2v) is 12.1. The molecule has 2 aromatic carbocycles. The van der Waals surface area contributed by atoms with Crippen LogP contribution in [-0.4, -0.2) is 50.0 Å². The fraction of sp³-hybridized carbons (Fsp3) is 0.481. The van der Waals surface area contributed by atoms with E-state index in [1.165, 1.54) is 4.90 Å². The molecule has 0 heterocycles. The van der Waals surface area contributed by atoms with Crippen molar-refractivity contribution in [3.8, 4) is 0 Å². The molecule has 10 heteroatoms. The normalized spacial score (nSPS) is 14.8. The van der Waals surface area contributed by atoms with E-state index in [0.29, 0.717) is 34.1 Å². The van der Waals surface area contributed by atoms with Gasteiger partial charge in [0.2, 0.25) is 21.8 Å². The first-order valence-electron chi connectivity index (χ1n) is 12.6. The average Bonchev–Trinajstić information content (AvgIpc) is 3.36. The lowest BCUT2D eigenvalue weighted by atomic mass is 10.1. The van der Waals surface area contributed by atoms with Crippen LogP contribution < -0.4 is 9.62 Å². The zero-order chi connectivity index (χ0) is 27.2. The summed E-state index contributed by atoms with van der Waals surface area (Å²) in [5, 5.41) is 3.82. The zero-order valence-electron chi connectivity index (χ0n) is 21.5. The largest absolute Gasteiger partial charge is 0.352 e. The minimum atomic E-state index is -3.81. The minimum absolute atomic E-state index is 0.0268. The number of sulfonamides is 1. The molecule has 0 bridgehead atoms. The highest BCUT2D eigenvalue weighted by Crippen LogP contribution is 2.29. The van der Waals surface area contributed by atoms with E-state index >= 15 is 0 Å². The highest BCUT2D eigenvalue weighted by molar-refractivity contribution is 7.92. The number of para-hydroxylation sites is 1. The van der Waals surface area contributed by atoms with Gasteiger partial charge >= 0.3 is 0 Å². The van der Waals surface area contributed by atoms with Gasteiger partial charge in [-0.1, -0.05) is 74.2 Å². The van der Waals surface area contributed by atoms with Crippen molar-refractivity contribution in [1.82, 2.24) is 10.2 Å². The monoisotopic (exact) mass is 567 g/mol. The molecule has 3 rings (SSSR count). The Balaban J connectivity index is 1.99. The molecule has 202 valence electrons. The van der Waals surface area contributed by atoms with Crippen LogP contribution in [0.3, 0.4) is 0 Å². The van der Waals surface area contributed by atoms with E-state index in [4.69, 9.17) is 23.2 Å². The van der Waals surface area contributed by atoms with Crippen LogP contribution in [0.2, 0.25) is 10.0 Å². The number of benzene rings is 2. The van der Waals surface area contributed by atoms with E-state index in [0.717, 1.165) is 41.8 Å². The summed E-state index contributed by atoms with van der Waals surface area (Å²) in [6.07, 6.45) is 5.93. The SMILES string of the molecule is CCc1ccccc1N(CC(=O)N(Cc1c(Cl)cccc1Cl)C(CC)C(=O)NC1CCCC1)S(C)(=O)=O. The van der Waals surface area contributed by atoms with Crippen LogP contribution in [0.15, 0.2) is 42.5 Å². The van der Waals surface area contributed by atoms with Gasteiger partial charge in [0.05, 0.1) is 11.9 Å². The number of hydrogen-bond acceptors (Lipinski definition) is 4. The van der Waals surface area contributed by atoms with Crippen LogP contribution in [0.1, 0.15) is 57.1 Å². The van der Waals surface area contributed by atoms with Gasteiger partial charge in [-0.25, -0.2) is 8.42 Å². The first-order chi connectivity index (χ1) is 17.6. The molecule has 1 aliphatic rings. The number of carbonyl (C=O) groups excluding carboxylic acids is 2. The maximum absolute atomic E-state index is 13.9. The van der Waals surface area contributed by atoms with E-state index in [1.807, 2.05) is 26.0 Å². The van der Waals surface area contributed by atoms with Gasteiger partial charge in [-0.05, 0) is 49.4 Å². The average molecular weight is 569 g/mol. The molecule has 0 radical (unpaired) electrons. The van der Waals surface area contributed by atoms with Gasteiger partial charge in [0.1, 0.15) is 12.6 Å². The molecule has 1 unspecified atom stereocenters. The summed E-state index contributed by atoms with van der Waals surface area (Å²) in [6, 6.07) is 11.4. The predicted molar refractivity (Wildman–Crippen MR) is 149 cm³/mol. The van der Waals surface area contributed by atoms with Crippen LogP contribution >= 0.6 is 23.2 Å². The van der Waals surface area contributed by atoms with Crippen molar-refractivity contribution in [2.75, 3.05) is 17.1 Å². The Morgan fingerprint density at radius 3 is 2.22 bits per heavy atom. The van der Waals surface area contributed by atoms with Gasteiger partial charge < -0.3 is 10.2 Å². The van der Waals surface area contributed by atoms with Gasteiger partial charge in [0, 0.05) is 28.2 Å². The van der Waals surface area contributed by atoms with Crippen molar-refractivity contribution in [3.63, 3.8) is 0 Å². The third-order valence-corrected chi connectivity index (χ3v) is 8.63. The number of hydrogen-bond donors (Lipinski definition) is 1. The van der Waals surface area contributed by atoms with Gasteiger partial charge in [-0.15, -0.1) is 0 Å². The number of halogens is 2. The summed E-state index contributed by atoms with van der Waals surface area (Å²) in [4.78, 5) is 28.7. The second-order valence-electron chi connectivity index (χ2n) is 9.39. The Labute approximate surface area is 230 Å². The van der Waals surface area contributed by atoms with Gasteiger partial charge in [0.25, 0.3) is 0 Å². The van der Waals surface area contributed by atoms with E-state index in [-0.39, 0.29) is 18.5 Å². The minimum Gasteiger partial charge on any atom is -0.352 e. The topological polar surface area (TPSA) is 86.8 Å². The molecule has 2 amide bonds. The summed E-state index contributed by atoms with van der Waals surface area (Å²) in [7, 11) is -3.81. The number of anilines is 1. The Kier molecular flexibility index (Phi) is 10.3. The van der Waals surface area contributed by atoms with Crippen LogP contribution in [0.4, 0.5) is 5.69 Å². The molecule has 0 aromatic heterocycles. The molecular weight excluding hydrogens is 533 g/mol. The van der Waals surface area contributed by atoms with Crippen LogP contribution in [0.5, 0.6) is 0 Å². The molecule has 1 N–H and O–H groups in total. The van der Waals surface area contributed by atoms with Gasteiger partial charge in [0.15, 0.2) is 0 Å². The number of rotatable bonds is 11. The van der Waals surface area contributed by atoms with Crippen molar-refractivity contribution in [2.24, 2.45) is 0 Å². The maximum Gasteiger partial charge on any atom is 0.244 e. The Bertz CT molecular complexity index is 1200. The molecule has 0 spiro atoms. The number of amides is 2. The number of nitrogens with one attached hydrogen (secondary N) is 1. The molecular formula is C27H35Cl2N3O4S. The predicted octanol–water partition coefficient (Wildman–Crippen LogP) is 5.19. The molecule has 37 heavy (non-hydrogen) atoms. The molecule has 1 aliphatic carbocycles. The number of aryl methyl sites for hydroxylation is 1. The Morgan fingerprint density at radius 1 is 1.03 bits per heavy atom. The number of nitrogens with zero attached hydrogens (tertiary/aromatic N) is 2. The lowest BCUT2D eigenvalue weighted by molar-refractivity contribution is -0.140. The van der Waals surface area contributed by atoms with E-state index in [9.17, 15) is 18.0 Å². The second kappa shape index (κ2) is 13.0. The molecule has 1 fully saturated rings. The lowest BCUT2D eigenvalue weighted by Gasteiger charge is -2.34. The first kappa shape index (κ1) is 29.3.